The van der Waals surface area contributed by atoms with Crippen LogP contribution in [0.15, 0.2) is 36.4 Å². The van der Waals surface area contributed by atoms with Crippen LogP contribution in [0.4, 0.5) is 4.39 Å². The molecule has 2 aromatic carbocycles. The highest BCUT2D eigenvalue weighted by atomic mass is 19.1. The maximum atomic E-state index is 14.3. The smallest absolute Gasteiger partial charge is 0.254 e. The molecule has 0 radical (unpaired) electrons. The lowest BCUT2D eigenvalue weighted by molar-refractivity contribution is 0.0751. The number of rotatable bonds is 4. The lowest BCUT2D eigenvalue weighted by Crippen LogP contribution is -2.30. The van der Waals surface area contributed by atoms with E-state index < -0.39 is 5.82 Å². The van der Waals surface area contributed by atoms with Gasteiger partial charge in [-0.05, 0) is 68.5 Å². The molecule has 0 fully saturated rings. The van der Waals surface area contributed by atoms with Crippen molar-refractivity contribution in [2.24, 2.45) is 0 Å². The van der Waals surface area contributed by atoms with Gasteiger partial charge in [0.05, 0.1) is 11.6 Å². The molecular weight excluding hydrogens is 353 g/mol. The summed E-state index contributed by atoms with van der Waals surface area (Å²) >= 11 is 0. The normalized spacial score (nSPS) is 13.2. The van der Waals surface area contributed by atoms with E-state index in [0.717, 1.165) is 23.7 Å². The van der Waals surface area contributed by atoms with Crippen LogP contribution in [0, 0.1) is 17.1 Å². The summed E-state index contributed by atoms with van der Waals surface area (Å²) in [5.74, 6) is -0.570. The number of carbonyl (C=O) groups is 1. The third kappa shape index (κ3) is 3.27. The Morgan fingerprint density at radius 3 is 2.79 bits per heavy atom. The summed E-state index contributed by atoms with van der Waals surface area (Å²) in [6.45, 7) is 2.54. The van der Waals surface area contributed by atoms with Gasteiger partial charge in [-0.15, -0.1) is 0 Å². The summed E-state index contributed by atoms with van der Waals surface area (Å²) in [6.07, 6.45) is 4.48. The molecule has 1 heterocycles. The molecule has 1 amide bonds. The molecule has 3 aromatic rings. The highest BCUT2D eigenvalue weighted by Gasteiger charge is 2.20. The number of aryl methyl sites for hydroxylation is 2. The largest absolute Gasteiger partial charge is 0.358 e. The van der Waals surface area contributed by atoms with Crippen LogP contribution in [-0.2, 0) is 19.4 Å². The number of nitrogens with zero attached hydrogens (tertiary/aromatic N) is 2. The second kappa shape index (κ2) is 7.47. The molecule has 0 saturated heterocycles. The zero-order chi connectivity index (χ0) is 19.7. The minimum absolute atomic E-state index is 0.112. The molecule has 0 spiro atoms. The van der Waals surface area contributed by atoms with E-state index in [0.29, 0.717) is 17.7 Å². The van der Waals surface area contributed by atoms with E-state index in [4.69, 9.17) is 5.26 Å². The fraction of sp³-hybridized carbons (Fsp3) is 0.304. The molecule has 1 aliphatic carbocycles. The number of fused-ring (bicyclic) bond motifs is 3. The van der Waals surface area contributed by atoms with Crippen molar-refractivity contribution in [1.29, 1.82) is 5.26 Å². The SMILES string of the molecule is CCN(Cc1ccc(C#N)cc1F)C(=O)c1ccc2[nH]c3c(c2c1)CCCC3. The number of H-pyrrole nitrogens is 1. The standard InChI is InChI=1S/C23H22FN3O/c1-2-27(14-17-8-7-15(13-25)11-20(17)24)23(28)16-9-10-22-19(12-16)18-5-3-4-6-21(18)26-22/h7-12,26H,2-6,14H2,1H3. The summed E-state index contributed by atoms with van der Waals surface area (Å²) in [7, 11) is 0. The van der Waals surface area contributed by atoms with Crippen molar-refractivity contribution in [1.82, 2.24) is 9.88 Å². The second-order valence-corrected chi connectivity index (χ2v) is 7.29. The number of benzene rings is 2. The van der Waals surface area contributed by atoms with E-state index in [-0.39, 0.29) is 18.0 Å². The van der Waals surface area contributed by atoms with Crippen molar-refractivity contribution in [2.75, 3.05) is 6.54 Å². The van der Waals surface area contributed by atoms with Crippen LogP contribution in [0.3, 0.4) is 0 Å². The van der Waals surface area contributed by atoms with Crippen LogP contribution >= 0.6 is 0 Å². The fourth-order valence-corrected chi connectivity index (χ4v) is 4.00. The molecule has 142 valence electrons. The molecule has 0 aliphatic heterocycles. The van der Waals surface area contributed by atoms with Gasteiger partial charge in [0.2, 0.25) is 0 Å². The maximum absolute atomic E-state index is 14.3. The number of aromatic amines is 1. The van der Waals surface area contributed by atoms with E-state index in [1.807, 2.05) is 31.2 Å². The van der Waals surface area contributed by atoms with Crippen LogP contribution in [0.25, 0.3) is 10.9 Å². The zero-order valence-corrected chi connectivity index (χ0v) is 15.9. The summed E-state index contributed by atoms with van der Waals surface area (Å²) in [5, 5.41) is 10.0. The molecule has 0 bridgehead atoms. The van der Waals surface area contributed by atoms with Gasteiger partial charge < -0.3 is 9.88 Å². The maximum Gasteiger partial charge on any atom is 0.254 e. The van der Waals surface area contributed by atoms with E-state index in [1.165, 1.54) is 30.2 Å². The molecule has 1 aliphatic rings. The van der Waals surface area contributed by atoms with Crippen LogP contribution in [0.5, 0.6) is 0 Å². The van der Waals surface area contributed by atoms with Crippen molar-refractivity contribution in [3.63, 3.8) is 0 Å². The van der Waals surface area contributed by atoms with Crippen LogP contribution < -0.4 is 0 Å². The van der Waals surface area contributed by atoms with Crippen molar-refractivity contribution in [2.45, 2.75) is 39.2 Å². The number of aromatic nitrogens is 1. The topological polar surface area (TPSA) is 59.9 Å². The third-order valence-corrected chi connectivity index (χ3v) is 5.56. The molecule has 5 heteroatoms. The van der Waals surface area contributed by atoms with Gasteiger partial charge in [-0.25, -0.2) is 4.39 Å². The van der Waals surface area contributed by atoms with Crippen LogP contribution in [-0.4, -0.2) is 22.3 Å². The predicted octanol–water partition coefficient (Wildman–Crippen LogP) is 4.72. The highest BCUT2D eigenvalue weighted by molar-refractivity contribution is 5.99. The second-order valence-electron chi connectivity index (χ2n) is 7.29. The van der Waals surface area contributed by atoms with E-state index >= 15 is 0 Å². The Labute approximate surface area is 163 Å². The average molecular weight is 375 g/mol. The minimum atomic E-state index is -0.458. The highest BCUT2D eigenvalue weighted by Crippen LogP contribution is 2.30. The average Bonchev–Trinajstić information content (AvgIpc) is 3.10. The van der Waals surface area contributed by atoms with E-state index in [1.54, 1.807) is 17.0 Å². The van der Waals surface area contributed by atoms with Gasteiger partial charge in [-0.1, -0.05) is 6.07 Å². The minimum Gasteiger partial charge on any atom is -0.358 e. The molecule has 4 nitrogen and oxygen atoms in total. The Morgan fingerprint density at radius 1 is 1.21 bits per heavy atom. The molecule has 28 heavy (non-hydrogen) atoms. The Hall–Kier alpha value is -3.13. The van der Waals surface area contributed by atoms with Crippen molar-refractivity contribution >= 4 is 16.8 Å². The fourth-order valence-electron chi connectivity index (χ4n) is 4.00. The number of amides is 1. The Bertz CT molecular complexity index is 1090. The molecular formula is C23H22FN3O. The monoisotopic (exact) mass is 375 g/mol. The number of nitrogens with one attached hydrogen (secondary N) is 1. The van der Waals surface area contributed by atoms with E-state index in [9.17, 15) is 9.18 Å². The summed E-state index contributed by atoms with van der Waals surface area (Å²) in [5.41, 5.74) is 5.00. The van der Waals surface area contributed by atoms with Gasteiger partial charge in [0.1, 0.15) is 5.82 Å². The molecule has 0 atom stereocenters. The number of nitriles is 1. The van der Waals surface area contributed by atoms with Crippen molar-refractivity contribution < 1.29 is 9.18 Å². The van der Waals surface area contributed by atoms with Crippen molar-refractivity contribution in [3.05, 3.63) is 70.2 Å². The molecule has 4 rings (SSSR count). The molecule has 1 aromatic heterocycles. The van der Waals surface area contributed by atoms with Gasteiger partial charge in [0, 0.05) is 40.8 Å². The van der Waals surface area contributed by atoms with Gasteiger partial charge in [0.15, 0.2) is 0 Å². The lowest BCUT2D eigenvalue weighted by Gasteiger charge is -2.21. The first-order chi connectivity index (χ1) is 13.6. The first-order valence-corrected chi connectivity index (χ1v) is 9.72. The lowest BCUT2D eigenvalue weighted by atomic mass is 9.95. The van der Waals surface area contributed by atoms with Gasteiger partial charge in [-0.3, -0.25) is 4.79 Å². The quantitative estimate of drug-likeness (QED) is 0.717. The number of halogens is 1. The number of carbonyl (C=O) groups excluding carboxylic acids is 1. The Balaban J connectivity index is 1.62. The molecule has 1 N–H and O–H groups in total. The predicted molar refractivity (Wildman–Crippen MR) is 106 cm³/mol. The summed E-state index contributed by atoms with van der Waals surface area (Å²) < 4.78 is 14.3. The Morgan fingerprint density at radius 2 is 2.04 bits per heavy atom. The molecule has 0 unspecified atom stereocenters. The van der Waals surface area contributed by atoms with E-state index in [2.05, 4.69) is 4.98 Å². The summed E-state index contributed by atoms with van der Waals surface area (Å²) in [6, 6.07) is 12.1. The Kier molecular flexibility index (Phi) is 4.87. The van der Waals surface area contributed by atoms with Gasteiger partial charge in [0.25, 0.3) is 5.91 Å². The third-order valence-electron chi connectivity index (χ3n) is 5.56. The number of hydrogen-bond donors (Lipinski definition) is 1. The summed E-state index contributed by atoms with van der Waals surface area (Å²) in [4.78, 5) is 18.2. The van der Waals surface area contributed by atoms with Crippen LogP contribution in [0.1, 0.15) is 52.5 Å². The zero-order valence-electron chi connectivity index (χ0n) is 15.9. The van der Waals surface area contributed by atoms with Crippen LogP contribution in [0.2, 0.25) is 0 Å². The van der Waals surface area contributed by atoms with Gasteiger partial charge >= 0.3 is 0 Å². The molecule has 0 saturated carbocycles. The van der Waals surface area contributed by atoms with Gasteiger partial charge in [-0.2, -0.15) is 5.26 Å². The van der Waals surface area contributed by atoms with Crippen molar-refractivity contribution in [3.8, 4) is 6.07 Å². The first-order valence-electron chi connectivity index (χ1n) is 9.72. The number of hydrogen-bond acceptors (Lipinski definition) is 2. The first kappa shape index (κ1) is 18.2.